The van der Waals surface area contributed by atoms with Crippen molar-refractivity contribution in [3.63, 3.8) is 0 Å². The Bertz CT molecular complexity index is 715. The number of benzene rings is 1. The Balaban J connectivity index is 1.87. The van der Waals surface area contributed by atoms with Gasteiger partial charge >= 0.3 is 5.91 Å². The van der Waals surface area contributed by atoms with E-state index in [-0.39, 0.29) is 5.76 Å². The molecule has 0 atom stereocenters. The number of hydrogen-bond acceptors (Lipinski definition) is 5. The van der Waals surface area contributed by atoms with E-state index in [1.54, 1.807) is 19.1 Å². The smallest absolute Gasteiger partial charge is 0.310 e. The molecule has 2 heterocycles. The number of amides is 1. The normalized spacial score (nSPS) is 10.8. The minimum atomic E-state index is -0.404. The van der Waals surface area contributed by atoms with Crippen LogP contribution >= 0.6 is 11.3 Å². The molecule has 102 valence electrons. The Hall–Kier alpha value is -2.18. The minimum absolute atomic E-state index is 0.202. The number of fused-ring (bicyclic) bond motifs is 1. The highest BCUT2D eigenvalue weighted by molar-refractivity contribution is 7.21. The van der Waals surface area contributed by atoms with E-state index in [1.807, 2.05) is 24.3 Å². The van der Waals surface area contributed by atoms with Gasteiger partial charge in [0.15, 0.2) is 16.5 Å². The quantitative estimate of drug-likeness (QED) is 0.748. The Labute approximate surface area is 119 Å². The Morgan fingerprint density at radius 3 is 3.00 bits per heavy atom. The van der Waals surface area contributed by atoms with E-state index >= 15 is 0 Å². The molecule has 0 aliphatic carbocycles. The third-order valence-corrected chi connectivity index (χ3v) is 3.69. The van der Waals surface area contributed by atoms with E-state index in [1.165, 1.54) is 11.3 Å². The van der Waals surface area contributed by atoms with Crippen molar-refractivity contribution in [3.05, 3.63) is 42.2 Å². The summed E-state index contributed by atoms with van der Waals surface area (Å²) in [7, 11) is 0. The lowest BCUT2D eigenvalue weighted by atomic mass is 10.3. The molecule has 1 aromatic carbocycles. The van der Waals surface area contributed by atoms with E-state index in [9.17, 15) is 4.79 Å². The summed E-state index contributed by atoms with van der Waals surface area (Å²) in [6, 6.07) is 11.2. The Morgan fingerprint density at radius 2 is 2.20 bits per heavy atom. The highest BCUT2D eigenvalue weighted by atomic mass is 32.1. The van der Waals surface area contributed by atoms with Crippen LogP contribution in [0.5, 0.6) is 0 Å². The van der Waals surface area contributed by atoms with Crippen molar-refractivity contribution in [2.24, 2.45) is 0 Å². The van der Waals surface area contributed by atoms with Crippen LogP contribution in [0.1, 0.15) is 17.5 Å². The highest BCUT2D eigenvalue weighted by Gasteiger charge is 2.14. The summed E-state index contributed by atoms with van der Waals surface area (Å²) in [5.74, 6) is 0.375. The van der Waals surface area contributed by atoms with Crippen molar-refractivity contribution < 1.29 is 14.0 Å². The third kappa shape index (κ3) is 2.43. The third-order valence-electron chi connectivity index (χ3n) is 2.64. The van der Waals surface area contributed by atoms with Gasteiger partial charge in [-0.3, -0.25) is 9.63 Å². The van der Waals surface area contributed by atoms with Gasteiger partial charge < -0.3 is 4.42 Å². The van der Waals surface area contributed by atoms with E-state index in [4.69, 9.17) is 9.25 Å². The molecule has 2 aromatic heterocycles. The SMILES string of the molecule is CCONC(=O)c1ccc(-c2nc3ccccc3s2)o1. The van der Waals surface area contributed by atoms with Gasteiger partial charge in [-0.05, 0) is 31.2 Å². The van der Waals surface area contributed by atoms with Gasteiger partial charge in [0.1, 0.15) is 0 Å². The number of nitrogens with zero attached hydrogens (tertiary/aromatic N) is 1. The molecule has 1 N–H and O–H groups in total. The monoisotopic (exact) mass is 288 g/mol. The van der Waals surface area contributed by atoms with Crippen LogP contribution in [0.25, 0.3) is 21.0 Å². The van der Waals surface area contributed by atoms with Gasteiger partial charge in [-0.2, -0.15) is 0 Å². The fourth-order valence-corrected chi connectivity index (χ4v) is 2.67. The molecule has 6 heteroatoms. The molecule has 0 aliphatic heterocycles. The lowest BCUT2D eigenvalue weighted by Crippen LogP contribution is -2.22. The van der Waals surface area contributed by atoms with Crippen molar-refractivity contribution in [1.82, 2.24) is 10.5 Å². The molecule has 3 rings (SSSR count). The summed E-state index contributed by atoms with van der Waals surface area (Å²) in [6.45, 7) is 2.19. The molecule has 0 spiro atoms. The Kier molecular flexibility index (Phi) is 3.49. The van der Waals surface area contributed by atoms with Crippen molar-refractivity contribution in [1.29, 1.82) is 0 Å². The van der Waals surface area contributed by atoms with Crippen LogP contribution in [0, 0.1) is 0 Å². The van der Waals surface area contributed by atoms with Gasteiger partial charge in [-0.1, -0.05) is 12.1 Å². The molecule has 0 bridgehead atoms. The predicted octanol–water partition coefficient (Wildman–Crippen LogP) is 3.24. The van der Waals surface area contributed by atoms with E-state index in [0.717, 1.165) is 15.2 Å². The topological polar surface area (TPSA) is 64.4 Å². The second-order valence-corrected chi connectivity index (χ2v) is 5.05. The van der Waals surface area contributed by atoms with Crippen LogP contribution in [0.4, 0.5) is 0 Å². The molecular weight excluding hydrogens is 276 g/mol. The molecule has 1 amide bonds. The molecule has 20 heavy (non-hydrogen) atoms. The maximum atomic E-state index is 11.7. The molecule has 0 radical (unpaired) electrons. The fourth-order valence-electron chi connectivity index (χ4n) is 1.74. The first-order valence-corrected chi connectivity index (χ1v) is 6.97. The maximum Gasteiger partial charge on any atom is 0.310 e. The van der Waals surface area contributed by atoms with Crippen LogP contribution in [0.15, 0.2) is 40.8 Å². The lowest BCUT2D eigenvalue weighted by molar-refractivity contribution is 0.0341. The van der Waals surface area contributed by atoms with E-state index in [2.05, 4.69) is 10.5 Å². The summed E-state index contributed by atoms with van der Waals surface area (Å²) in [5.41, 5.74) is 3.21. The number of furan rings is 1. The number of hydroxylamine groups is 1. The van der Waals surface area contributed by atoms with Gasteiger partial charge in [0.05, 0.1) is 16.8 Å². The summed E-state index contributed by atoms with van der Waals surface area (Å²) in [5, 5.41) is 0.752. The number of hydrogen-bond donors (Lipinski definition) is 1. The first kappa shape index (κ1) is 12.8. The van der Waals surface area contributed by atoms with Gasteiger partial charge in [0, 0.05) is 0 Å². The van der Waals surface area contributed by atoms with Gasteiger partial charge in [0.2, 0.25) is 0 Å². The second-order valence-electron chi connectivity index (χ2n) is 4.01. The number of thiazole rings is 1. The average Bonchev–Trinajstić information content (AvgIpc) is 3.10. The van der Waals surface area contributed by atoms with E-state index < -0.39 is 5.91 Å². The predicted molar refractivity (Wildman–Crippen MR) is 76.4 cm³/mol. The number of carbonyl (C=O) groups is 1. The number of rotatable bonds is 4. The van der Waals surface area contributed by atoms with Crippen molar-refractivity contribution in [3.8, 4) is 10.8 Å². The first-order chi connectivity index (χ1) is 9.78. The van der Waals surface area contributed by atoms with Crippen LogP contribution in [-0.4, -0.2) is 17.5 Å². The van der Waals surface area contributed by atoms with E-state index in [0.29, 0.717) is 12.4 Å². The molecule has 0 aliphatic rings. The van der Waals surface area contributed by atoms with Crippen molar-refractivity contribution in [2.45, 2.75) is 6.92 Å². The van der Waals surface area contributed by atoms with Crippen LogP contribution in [-0.2, 0) is 4.84 Å². The van der Waals surface area contributed by atoms with Gasteiger partial charge in [-0.25, -0.2) is 10.5 Å². The van der Waals surface area contributed by atoms with Crippen LogP contribution in [0.2, 0.25) is 0 Å². The molecule has 0 saturated carbocycles. The van der Waals surface area contributed by atoms with Crippen LogP contribution < -0.4 is 5.48 Å². The zero-order valence-corrected chi connectivity index (χ0v) is 11.6. The lowest BCUT2D eigenvalue weighted by Gasteiger charge is -1.99. The summed E-state index contributed by atoms with van der Waals surface area (Å²) in [4.78, 5) is 21.0. The minimum Gasteiger partial charge on any atom is -0.448 e. The molecule has 5 nitrogen and oxygen atoms in total. The molecule has 0 saturated heterocycles. The number of aromatic nitrogens is 1. The highest BCUT2D eigenvalue weighted by Crippen LogP contribution is 2.30. The summed E-state index contributed by atoms with van der Waals surface area (Å²) >= 11 is 1.53. The number of carbonyl (C=O) groups excluding carboxylic acids is 1. The standard InChI is InChI=1S/C14H12N2O3S/c1-2-18-16-13(17)10-7-8-11(19-10)14-15-9-5-3-4-6-12(9)20-14/h3-8H,2H2,1H3,(H,16,17). The van der Waals surface area contributed by atoms with Gasteiger partial charge in [0.25, 0.3) is 0 Å². The largest absolute Gasteiger partial charge is 0.448 e. The van der Waals surface area contributed by atoms with Gasteiger partial charge in [-0.15, -0.1) is 11.3 Å². The Morgan fingerprint density at radius 1 is 1.35 bits per heavy atom. The first-order valence-electron chi connectivity index (χ1n) is 6.16. The van der Waals surface area contributed by atoms with Crippen molar-refractivity contribution >= 4 is 27.5 Å². The molecular formula is C14H12N2O3S. The molecule has 0 fully saturated rings. The zero-order chi connectivity index (χ0) is 13.9. The summed E-state index contributed by atoms with van der Waals surface area (Å²) < 4.78 is 6.60. The second kappa shape index (κ2) is 5.44. The molecule has 3 aromatic rings. The van der Waals surface area contributed by atoms with Crippen LogP contribution in [0.3, 0.4) is 0 Å². The zero-order valence-electron chi connectivity index (χ0n) is 10.8. The summed E-state index contributed by atoms with van der Waals surface area (Å²) in [6.07, 6.45) is 0. The average molecular weight is 288 g/mol. The maximum absolute atomic E-state index is 11.7. The molecule has 0 unspecified atom stereocenters. The fraction of sp³-hybridized carbons (Fsp3) is 0.143. The number of para-hydroxylation sites is 1. The van der Waals surface area contributed by atoms with Crippen molar-refractivity contribution in [2.75, 3.05) is 6.61 Å². The number of nitrogens with one attached hydrogen (secondary N) is 1.